The van der Waals surface area contributed by atoms with Gasteiger partial charge in [0.05, 0.1) is 13.0 Å². The van der Waals surface area contributed by atoms with Crippen LogP contribution in [0.15, 0.2) is 0 Å². The molecule has 0 bridgehead atoms. The van der Waals surface area contributed by atoms with Crippen molar-refractivity contribution >= 4 is 16.8 Å². The Balaban J connectivity index is 2.25. The lowest BCUT2D eigenvalue weighted by molar-refractivity contribution is -0.144. The second kappa shape index (κ2) is 6.26. The van der Waals surface area contributed by atoms with Gasteiger partial charge < -0.3 is 4.74 Å². The lowest BCUT2D eigenvalue weighted by atomic mass is 10.1. The van der Waals surface area contributed by atoms with Gasteiger partial charge in [0.2, 0.25) is 0 Å². The fraction of sp³-hybridized carbons (Fsp3) is 0.909. The Bertz CT molecular complexity index is 234. The van der Waals surface area contributed by atoms with Gasteiger partial charge in [-0.15, -0.1) is 0 Å². The third-order valence-electron chi connectivity index (χ3n) is 2.94. The van der Waals surface area contributed by atoms with E-state index in [1.807, 2.05) is 0 Å². The van der Waals surface area contributed by atoms with Crippen LogP contribution in [0, 0.1) is 11.8 Å². The summed E-state index contributed by atoms with van der Waals surface area (Å²) >= 11 is 0. The molecule has 1 fully saturated rings. The molecule has 1 aliphatic carbocycles. The van der Waals surface area contributed by atoms with Crippen LogP contribution in [-0.4, -0.2) is 28.8 Å². The van der Waals surface area contributed by atoms with Gasteiger partial charge in [0.15, 0.2) is 0 Å². The molecular weight excluding hydrogens is 212 g/mol. The molecule has 2 atom stereocenters. The smallest absolute Gasteiger partial charge is 0.309 e. The largest absolute Gasteiger partial charge is 0.469 e. The third-order valence-corrected chi connectivity index (χ3v) is 4.65. The van der Waals surface area contributed by atoms with Crippen molar-refractivity contribution in [3.8, 4) is 0 Å². The standard InChI is InChI=1S/C11H20O3S/c1-9(11(12)14-2)7-15(13)8-10-5-3-4-6-10/h9-10H,3-8H2,1-2H3. The zero-order valence-electron chi connectivity index (χ0n) is 9.53. The van der Waals surface area contributed by atoms with Gasteiger partial charge in [-0.25, -0.2) is 0 Å². The first-order valence-corrected chi connectivity index (χ1v) is 7.05. The number of carbonyl (C=O) groups excluding carboxylic acids is 1. The van der Waals surface area contributed by atoms with Crippen molar-refractivity contribution < 1.29 is 13.7 Å². The van der Waals surface area contributed by atoms with E-state index >= 15 is 0 Å². The molecule has 0 aromatic rings. The van der Waals surface area contributed by atoms with E-state index in [1.165, 1.54) is 32.8 Å². The molecule has 1 saturated carbocycles. The zero-order valence-corrected chi connectivity index (χ0v) is 10.3. The van der Waals surface area contributed by atoms with Crippen LogP contribution in [0.5, 0.6) is 0 Å². The van der Waals surface area contributed by atoms with E-state index < -0.39 is 10.8 Å². The third kappa shape index (κ3) is 4.33. The fourth-order valence-corrected chi connectivity index (χ4v) is 3.74. The van der Waals surface area contributed by atoms with E-state index in [0.29, 0.717) is 11.7 Å². The molecule has 0 heterocycles. The number of hydrogen-bond donors (Lipinski definition) is 0. The number of ether oxygens (including phenoxy) is 1. The summed E-state index contributed by atoms with van der Waals surface area (Å²) in [7, 11) is 0.511. The molecular formula is C11H20O3S. The van der Waals surface area contributed by atoms with Crippen LogP contribution < -0.4 is 0 Å². The quantitative estimate of drug-likeness (QED) is 0.678. The Labute approximate surface area is 94.0 Å². The van der Waals surface area contributed by atoms with Crippen molar-refractivity contribution in [2.24, 2.45) is 11.8 Å². The van der Waals surface area contributed by atoms with Crippen molar-refractivity contribution in [1.29, 1.82) is 0 Å². The summed E-state index contributed by atoms with van der Waals surface area (Å²) in [6.07, 6.45) is 4.96. The Kier molecular flexibility index (Phi) is 5.29. The van der Waals surface area contributed by atoms with Gasteiger partial charge >= 0.3 is 5.97 Å². The summed E-state index contributed by atoms with van der Waals surface area (Å²) in [5, 5.41) is 0. The van der Waals surface area contributed by atoms with E-state index in [2.05, 4.69) is 4.74 Å². The van der Waals surface area contributed by atoms with E-state index in [9.17, 15) is 9.00 Å². The molecule has 4 heteroatoms. The van der Waals surface area contributed by atoms with Gasteiger partial charge in [-0.05, 0) is 18.8 Å². The number of esters is 1. The highest BCUT2D eigenvalue weighted by Crippen LogP contribution is 2.25. The van der Waals surface area contributed by atoms with Crippen LogP contribution >= 0.6 is 0 Å². The average Bonchev–Trinajstić information content (AvgIpc) is 2.68. The second-order valence-corrected chi connectivity index (χ2v) is 5.89. The van der Waals surface area contributed by atoms with Gasteiger partial charge in [0.1, 0.15) is 0 Å². The van der Waals surface area contributed by atoms with Crippen molar-refractivity contribution in [2.45, 2.75) is 32.6 Å². The summed E-state index contributed by atoms with van der Waals surface area (Å²) in [4.78, 5) is 11.1. The Morgan fingerprint density at radius 3 is 2.60 bits per heavy atom. The summed E-state index contributed by atoms with van der Waals surface area (Å²) in [6.45, 7) is 1.78. The summed E-state index contributed by atoms with van der Waals surface area (Å²) in [6, 6.07) is 0. The molecule has 1 rings (SSSR count). The van der Waals surface area contributed by atoms with E-state index in [-0.39, 0.29) is 11.9 Å². The minimum atomic E-state index is -0.863. The maximum absolute atomic E-state index is 11.7. The van der Waals surface area contributed by atoms with Crippen molar-refractivity contribution in [3.05, 3.63) is 0 Å². The van der Waals surface area contributed by atoms with Crippen molar-refractivity contribution in [2.75, 3.05) is 18.6 Å². The Morgan fingerprint density at radius 1 is 1.47 bits per heavy atom. The first kappa shape index (κ1) is 12.7. The molecule has 0 radical (unpaired) electrons. The monoisotopic (exact) mass is 232 g/mol. The highest BCUT2D eigenvalue weighted by atomic mass is 32.2. The first-order valence-electron chi connectivity index (χ1n) is 5.56. The molecule has 0 aromatic heterocycles. The Morgan fingerprint density at radius 2 is 2.07 bits per heavy atom. The predicted octanol–water partition coefficient (Wildman–Crippen LogP) is 1.73. The maximum atomic E-state index is 11.7. The van der Waals surface area contributed by atoms with E-state index in [0.717, 1.165) is 5.75 Å². The highest BCUT2D eigenvalue weighted by molar-refractivity contribution is 7.85. The minimum absolute atomic E-state index is 0.239. The summed E-state index contributed by atoms with van der Waals surface area (Å²) in [5.74, 6) is 1.34. The number of hydrogen-bond acceptors (Lipinski definition) is 3. The van der Waals surface area contributed by atoms with Crippen LogP contribution in [0.1, 0.15) is 32.6 Å². The number of rotatable bonds is 5. The van der Waals surface area contributed by atoms with Gasteiger partial charge in [-0.1, -0.05) is 19.8 Å². The fourth-order valence-electron chi connectivity index (χ4n) is 2.06. The van der Waals surface area contributed by atoms with Crippen LogP contribution in [0.2, 0.25) is 0 Å². The van der Waals surface area contributed by atoms with Crippen molar-refractivity contribution in [1.82, 2.24) is 0 Å². The molecule has 1 aliphatic rings. The molecule has 0 amide bonds. The normalized spacial score (nSPS) is 21.2. The molecule has 88 valence electrons. The van der Waals surface area contributed by atoms with Crippen molar-refractivity contribution in [3.63, 3.8) is 0 Å². The highest BCUT2D eigenvalue weighted by Gasteiger charge is 2.21. The van der Waals surface area contributed by atoms with Gasteiger partial charge in [-0.3, -0.25) is 9.00 Å². The summed E-state index contributed by atoms with van der Waals surface area (Å²) < 4.78 is 16.3. The zero-order chi connectivity index (χ0) is 11.3. The first-order chi connectivity index (χ1) is 7.13. The molecule has 0 spiro atoms. The second-order valence-electron chi connectivity index (χ2n) is 4.35. The molecule has 2 unspecified atom stereocenters. The molecule has 0 saturated heterocycles. The van der Waals surface area contributed by atoms with E-state index in [1.54, 1.807) is 6.92 Å². The predicted molar refractivity (Wildman–Crippen MR) is 61.0 cm³/mol. The maximum Gasteiger partial charge on any atom is 0.309 e. The van der Waals surface area contributed by atoms with Crippen LogP contribution in [0.25, 0.3) is 0 Å². The van der Waals surface area contributed by atoms with Crippen LogP contribution in [0.4, 0.5) is 0 Å². The lowest BCUT2D eigenvalue weighted by Crippen LogP contribution is -2.22. The van der Waals surface area contributed by atoms with Gasteiger partial charge in [0.25, 0.3) is 0 Å². The Hall–Kier alpha value is -0.380. The number of carbonyl (C=O) groups is 1. The lowest BCUT2D eigenvalue weighted by Gasteiger charge is -2.11. The van der Waals surface area contributed by atoms with E-state index in [4.69, 9.17) is 0 Å². The molecule has 0 aliphatic heterocycles. The topological polar surface area (TPSA) is 43.4 Å². The van der Waals surface area contributed by atoms with Crippen LogP contribution in [0.3, 0.4) is 0 Å². The van der Waals surface area contributed by atoms with Gasteiger partial charge in [0, 0.05) is 22.3 Å². The molecule has 15 heavy (non-hydrogen) atoms. The van der Waals surface area contributed by atoms with Crippen LogP contribution in [-0.2, 0) is 20.3 Å². The average molecular weight is 232 g/mol. The SMILES string of the molecule is COC(=O)C(C)CS(=O)CC1CCCC1. The summed E-state index contributed by atoms with van der Waals surface area (Å²) in [5.41, 5.74) is 0. The number of methoxy groups -OCH3 is 1. The molecule has 0 N–H and O–H groups in total. The minimum Gasteiger partial charge on any atom is -0.469 e. The van der Waals surface area contributed by atoms with Gasteiger partial charge in [-0.2, -0.15) is 0 Å². The molecule has 0 aromatic carbocycles. The molecule has 3 nitrogen and oxygen atoms in total.